The molecule has 1 aromatic heterocycles. The third-order valence-electron chi connectivity index (χ3n) is 5.15. The Labute approximate surface area is 171 Å². The summed E-state index contributed by atoms with van der Waals surface area (Å²) in [5.74, 6) is 1.73. The molecular formula is C21H29ClN4O2. The Bertz CT molecular complexity index is 797. The zero-order chi connectivity index (χ0) is 20.1. The molecule has 1 saturated heterocycles. The number of oxazole rings is 1. The number of likely N-dealkylation sites (tertiary alicyclic amines) is 1. The van der Waals surface area contributed by atoms with E-state index in [1.165, 1.54) is 0 Å². The van der Waals surface area contributed by atoms with Gasteiger partial charge in [0.1, 0.15) is 5.76 Å². The van der Waals surface area contributed by atoms with Gasteiger partial charge < -0.3 is 14.6 Å². The average Bonchev–Trinajstić information content (AvgIpc) is 3.02. The van der Waals surface area contributed by atoms with Crippen LogP contribution in [0.1, 0.15) is 24.3 Å². The summed E-state index contributed by atoms with van der Waals surface area (Å²) in [5, 5.41) is 3.71. The molecule has 0 bridgehead atoms. The number of nitrogens with zero attached hydrogens (tertiary/aromatic N) is 3. The Balaban J connectivity index is 1.52. The lowest BCUT2D eigenvalue weighted by Gasteiger charge is -2.30. The van der Waals surface area contributed by atoms with Crippen LogP contribution in [0.4, 0.5) is 0 Å². The molecule has 3 rings (SSSR count). The number of amides is 1. The molecule has 1 fully saturated rings. The lowest BCUT2D eigenvalue weighted by Crippen LogP contribution is -2.41. The first-order valence-electron chi connectivity index (χ1n) is 9.79. The highest BCUT2D eigenvalue weighted by molar-refractivity contribution is 6.30. The molecule has 7 heteroatoms. The van der Waals surface area contributed by atoms with Gasteiger partial charge in [-0.2, -0.15) is 0 Å². The number of carbonyl (C=O) groups excluding carboxylic acids is 1. The second-order valence-electron chi connectivity index (χ2n) is 7.68. The molecule has 1 amide bonds. The number of aromatic nitrogens is 1. The third kappa shape index (κ3) is 5.56. The molecule has 0 unspecified atom stereocenters. The fourth-order valence-electron chi connectivity index (χ4n) is 3.43. The molecule has 0 aliphatic carbocycles. The van der Waals surface area contributed by atoms with Crippen molar-refractivity contribution in [2.45, 2.75) is 26.3 Å². The van der Waals surface area contributed by atoms with E-state index in [2.05, 4.69) is 20.1 Å². The topological polar surface area (TPSA) is 61.6 Å². The molecule has 0 atom stereocenters. The largest absolute Gasteiger partial charge is 0.441 e. The van der Waals surface area contributed by atoms with Crippen molar-refractivity contribution in [1.29, 1.82) is 0 Å². The fourth-order valence-corrected chi connectivity index (χ4v) is 3.62. The average molecular weight is 405 g/mol. The van der Waals surface area contributed by atoms with E-state index >= 15 is 0 Å². The van der Waals surface area contributed by atoms with Gasteiger partial charge in [0, 0.05) is 36.1 Å². The molecule has 28 heavy (non-hydrogen) atoms. The van der Waals surface area contributed by atoms with E-state index in [0.29, 0.717) is 17.5 Å². The summed E-state index contributed by atoms with van der Waals surface area (Å²) in [5.41, 5.74) is 1.83. The van der Waals surface area contributed by atoms with Gasteiger partial charge in [-0.25, -0.2) is 4.98 Å². The number of likely N-dealkylation sites (N-methyl/N-ethyl adjacent to an activating group) is 1. The van der Waals surface area contributed by atoms with Gasteiger partial charge in [-0.15, -0.1) is 0 Å². The minimum atomic E-state index is 0.110. The maximum atomic E-state index is 12.3. The summed E-state index contributed by atoms with van der Waals surface area (Å²) < 4.78 is 5.86. The summed E-state index contributed by atoms with van der Waals surface area (Å²) in [4.78, 5) is 21.4. The maximum absolute atomic E-state index is 12.3. The number of halogens is 1. The lowest BCUT2D eigenvalue weighted by molar-refractivity contribution is -0.126. The van der Waals surface area contributed by atoms with Gasteiger partial charge >= 0.3 is 0 Å². The number of aryl methyl sites for hydroxylation is 1. The first-order valence-corrected chi connectivity index (χ1v) is 10.2. The maximum Gasteiger partial charge on any atom is 0.226 e. The van der Waals surface area contributed by atoms with Crippen molar-refractivity contribution in [3.8, 4) is 11.5 Å². The normalized spacial score (nSPS) is 15.9. The molecule has 1 N–H and O–H groups in total. The van der Waals surface area contributed by atoms with Crippen LogP contribution in [-0.2, 0) is 11.3 Å². The summed E-state index contributed by atoms with van der Waals surface area (Å²) in [6.45, 7) is 6.04. The van der Waals surface area contributed by atoms with E-state index in [1.807, 2.05) is 45.3 Å². The van der Waals surface area contributed by atoms with Crippen LogP contribution in [0.25, 0.3) is 11.5 Å². The molecule has 0 radical (unpaired) electrons. The smallest absolute Gasteiger partial charge is 0.226 e. The van der Waals surface area contributed by atoms with Crippen molar-refractivity contribution in [1.82, 2.24) is 20.1 Å². The Morgan fingerprint density at radius 2 is 2.11 bits per heavy atom. The van der Waals surface area contributed by atoms with Crippen molar-refractivity contribution in [3.63, 3.8) is 0 Å². The summed E-state index contributed by atoms with van der Waals surface area (Å²) in [6.07, 6.45) is 1.76. The SMILES string of the molecule is Cc1oc(-c2cccc(Cl)c2)nc1CN1CCC(C(=O)NCCN(C)C)CC1. The molecule has 0 saturated carbocycles. The van der Waals surface area contributed by atoms with Crippen LogP contribution in [-0.4, -0.2) is 61.0 Å². The fraction of sp³-hybridized carbons (Fsp3) is 0.524. The number of hydrogen-bond acceptors (Lipinski definition) is 5. The van der Waals surface area contributed by atoms with E-state index < -0.39 is 0 Å². The Morgan fingerprint density at radius 3 is 2.79 bits per heavy atom. The molecule has 1 aliphatic rings. The van der Waals surface area contributed by atoms with Crippen LogP contribution in [0.2, 0.25) is 5.02 Å². The molecule has 2 aromatic rings. The van der Waals surface area contributed by atoms with E-state index in [-0.39, 0.29) is 11.8 Å². The first-order chi connectivity index (χ1) is 13.4. The second-order valence-corrected chi connectivity index (χ2v) is 8.11. The third-order valence-corrected chi connectivity index (χ3v) is 5.39. The molecule has 0 spiro atoms. The number of hydrogen-bond donors (Lipinski definition) is 1. The van der Waals surface area contributed by atoms with Crippen LogP contribution in [0, 0.1) is 12.8 Å². The van der Waals surface area contributed by atoms with Gasteiger partial charge in [0.05, 0.1) is 5.69 Å². The van der Waals surface area contributed by atoms with E-state index in [4.69, 9.17) is 16.0 Å². The highest BCUT2D eigenvalue weighted by Gasteiger charge is 2.26. The lowest BCUT2D eigenvalue weighted by atomic mass is 9.96. The van der Waals surface area contributed by atoms with Crippen LogP contribution in [0.5, 0.6) is 0 Å². The zero-order valence-electron chi connectivity index (χ0n) is 16.9. The number of piperidine rings is 1. The monoisotopic (exact) mass is 404 g/mol. The highest BCUT2D eigenvalue weighted by Crippen LogP contribution is 2.26. The van der Waals surface area contributed by atoms with Gasteiger partial charge in [-0.05, 0) is 65.1 Å². The summed E-state index contributed by atoms with van der Waals surface area (Å²) in [6, 6.07) is 7.53. The molecular weight excluding hydrogens is 376 g/mol. The van der Waals surface area contributed by atoms with Crippen molar-refractivity contribution in [2.24, 2.45) is 5.92 Å². The summed E-state index contributed by atoms with van der Waals surface area (Å²) >= 11 is 6.07. The Kier molecular flexibility index (Phi) is 7.10. The molecule has 152 valence electrons. The number of rotatable bonds is 7. The van der Waals surface area contributed by atoms with Crippen LogP contribution >= 0.6 is 11.6 Å². The molecule has 1 aliphatic heterocycles. The van der Waals surface area contributed by atoms with Crippen LogP contribution in [0.3, 0.4) is 0 Å². The Morgan fingerprint density at radius 1 is 1.36 bits per heavy atom. The van der Waals surface area contributed by atoms with E-state index in [9.17, 15) is 4.79 Å². The number of nitrogens with one attached hydrogen (secondary N) is 1. The predicted molar refractivity (Wildman–Crippen MR) is 111 cm³/mol. The minimum absolute atomic E-state index is 0.110. The van der Waals surface area contributed by atoms with Gasteiger partial charge in [0.25, 0.3) is 0 Å². The zero-order valence-corrected chi connectivity index (χ0v) is 17.6. The van der Waals surface area contributed by atoms with Crippen molar-refractivity contribution in [3.05, 3.63) is 40.7 Å². The second kappa shape index (κ2) is 9.54. The standard InChI is InChI=1S/C21H29ClN4O2/c1-15-19(24-21(28-15)17-5-4-6-18(22)13-17)14-26-10-7-16(8-11-26)20(27)23-9-12-25(2)3/h4-6,13,16H,7-12,14H2,1-3H3,(H,23,27). The Hall–Kier alpha value is -1.89. The van der Waals surface area contributed by atoms with Crippen LogP contribution < -0.4 is 5.32 Å². The molecule has 1 aromatic carbocycles. The predicted octanol–water partition coefficient (Wildman–Crippen LogP) is 3.19. The van der Waals surface area contributed by atoms with Crippen LogP contribution in [0.15, 0.2) is 28.7 Å². The van der Waals surface area contributed by atoms with Crippen molar-refractivity contribution in [2.75, 3.05) is 40.3 Å². The van der Waals surface area contributed by atoms with E-state index in [0.717, 1.165) is 56.0 Å². The van der Waals surface area contributed by atoms with Gasteiger partial charge in [-0.1, -0.05) is 17.7 Å². The molecule has 6 nitrogen and oxygen atoms in total. The van der Waals surface area contributed by atoms with E-state index in [1.54, 1.807) is 0 Å². The molecule has 2 heterocycles. The quantitative estimate of drug-likeness (QED) is 0.767. The minimum Gasteiger partial charge on any atom is -0.441 e. The first kappa shape index (κ1) is 20.8. The number of benzene rings is 1. The number of carbonyl (C=O) groups is 1. The summed E-state index contributed by atoms with van der Waals surface area (Å²) in [7, 11) is 4.02. The van der Waals surface area contributed by atoms with Gasteiger partial charge in [0.15, 0.2) is 0 Å². The van der Waals surface area contributed by atoms with Crippen molar-refractivity contribution >= 4 is 17.5 Å². The van der Waals surface area contributed by atoms with Gasteiger partial charge in [0.2, 0.25) is 11.8 Å². The highest BCUT2D eigenvalue weighted by atomic mass is 35.5. The van der Waals surface area contributed by atoms with Gasteiger partial charge in [-0.3, -0.25) is 9.69 Å². The van der Waals surface area contributed by atoms with Crippen molar-refractivity contribution < 1.29 is 9.21 Å².